The average Bonchev–Trinajstić information content (AvgIpc) is 3.36. The van der Waals surface area contributed by atoms with E-state index in [1.54, 1.807) is 36.4 Å². The largest absolute Gasteiger partial charge is 0.475 e. The number of imidazole rings is 1. The lowest BCUT2D eigenvalue weighted by Crippen LogP contribution is -1.94. The van der Waals surface area contributed by atoms with E-state index >= 15 is 0 Å². The molecule has 1 N–H and O–H groups in total. The molecule has 0 aliphatic heterocycles. The van der Waals surface area contributed by atoms with Crippen LogP contribution < -0.4 is 0 Å². The summed E-state index contributed by atoms with van der Waals surface area (Å²) in [7, 11) is 0. The van der Waals surface area contributed by atoms with E-state index in [9.17, 15) is 9.59 Å². The van der Waals surface area contributed by atoms with E-state index < -0.39 is 5.97 Å². The first-order valence-corrected chi connectivity index (χ1v) is 9.06. The Morgan fingerprint density at radius 2 is 1.96 bits per heavy atom. The van der Waals surface area contributed by atoms with Crippen LogP contribution in [0.4, 0.5) is 0 Å². The molecule has 0 fully saturated rings. The highest BCUT2D eigenvalue weighted by Gasteiger charge is 2.12. The van der Waals surface area contributed by atoms with Crippen LogP contribution in [0.25, 0.3) is 22.4 Å². The molecule has 8 heteroatoms. The van der Waals surface area contributed by atoms with Gasteiger partial charge in [-0.15, -0.1) is 11.3 Å². The Balaban J connectivity index is 1.54. The fourth-order valence-electron chi connectivity index (χ4n) is 2.58. The second-order valence-electron chi connectivity index (χ2n) is 5.59. The molecule has 27 heavy (non-hydrogen) atoms. The highest BCUT2D eigenvalue weighted by molar-refractivity contribution is 7.15. The molecule has 0 atom stereocenters. The van der Waals surface area contributed by atoms with Crippen LogP contribution in [0.15, 0.2) is 58.5 Å². The molecule has 4 rings (SSSR count). The predicted octanol–water partition coefficient (Wildman–Crippen LogP) is 4.90. The maximum Gasteiger partial charge on any atom is 0.371 e. The zero-order chi connectivity index (χ0) is 19.0. The molecule has 6 nitrogen and oxygen atoms in total. The van der Waals surface area contributed by atoms with Gasteiger partial charge in [0.2, 0.25) is 5.76 Å². The number of halogens is 1. The van der Waals surface area contributed by atoms with Gasteiger partial charge in [0.25, 0.3) is 0 Å². The number of allylic oxidation sites excluding steroid dienone is 1. The van der Waals surface area contributed by atoms with Gasteiger partial charge >= 0.3 is 5.97 Å². The Morgan fingerprint density at radius 1 is 1.19 bits per heavy atom. The van der Waals surface area contributed by atoms with E-state index in [0.29, 0.717) is 27.7 Å². The number of benzene rings is 1. The number of nitrogens with zero attached hydrogens (tertiary/aromatic N) is 2. The highest BCUT2D eigenvalue weighted by Crippen LogP contribution is 2.24. The van der Waals surface area contributed by atoms with Crippen LogP contribution in [0.2, 0.25) is 5.15 Å². The lowest BCUT2D eigenvalue weighted by molar-refractivity contribution is 0.0663. The Labute approximate surface area is 162 Å². The summed E-state index contributed by atoms with van der Waals surface area (Å²) in [5, 5.41) is 11.1. The summed E-state index contributed by atoms with van der Waals surface area (Å²) < 4.78 is 7.07. The molecular formula is C19H11ClN2O4S. The van der Waals surface area contributed by atoms with Crippen LogP contribution >= 0.6 is 22.9 Å². The molecule has 0 unspecified atom stereocenters. The van der Waals surface area contributed by atoms with Gasteiger partial charge in [-0.2, -0.15) is 0 Å². The van der Waals surface area contributed by atoms with E-state index in [2.05, 4.69) is 4.98 Å². The molecule has 0 bridgehead atoms. The second-order valence-corrected chi connectivity index (χ2v) is 6.82. The van der Waals surface area contributed by atoms with Gasteiger partial charge in [0, 0.05) is 22.7 Å². The van der Waals surface area contributed by atoms with Crippen molar-refractivity contribution in [3.8, 4) is 11.3 Å². The third-order valence-corrected chi connectivity index (χ3v) is 4.95. The number of fused-ring (bicyclic) bond motifs is 1. The minimum Gasteiger partial charge on any atom is -0.475 e. The van der Waals surface area contributed by atoms with Crippen LogP contribution in [0.3, 0.4) is 0 Å². The zero-order valence-corrected chi connectivity index (χ0v) is 15.2. The molecule has 0 saturated carbocycles. The maximum absolute atomic E-state index is 12.4. The average molecular weight is 399 g/mol. The number of thiazole rings is 1. The lowest BCUT2D eigenvalue weighted by atomic mass is 10.1. The quantitative estimate of drug-likeness (QED) is 0.381. The first-order chi connectivity index (χ1) is 13.0. The van der Waals surface area contributed by atoms with Gasteiger partial charge in [-0.1, -0.05) is 35.9 Å². The third-order valence-electron chi connectivity index (χ3n) is 3.92. The van der Waals surface area contributed by atoms with E-state index in [0.717, 1.165) is 4.96 Å². The number of carbonyl (C=O) groups excluding carboxylic acids is 1. The molecule has 0 aliphatic carbocycles. The van der Waals surface area contributed by atoms with E-state index in [4.69, 9.17) is 21.1 Å². The summed E-state index contributed by atoms with van der Waals surface area (Å²) in [6, 6.07) is 9.68. The molecule has 3 aromatic heterocycles. The van der Waals surface area contributed by atoms with Crippen molar-refractivity contribution in [1.82, 2.24) is 9.38 Å². The summed E-state index contributed by atoms with van der Waals surface area (Å²) in [5.41, 5.74) is 1.82. The van der Waals surface area contributed by atoms with E-state index in [-0.39, 0.29) is 11.5 Å². The molecule has 0 radical (unpaired) electrons. The number of hydrogen-bond acceptors (Lipinski definition) is 5. The maximum atomic E-state index is 12.4. The van der Waals surface area contributed by atoms with E-state index in [1.165, 1.54) is 23.5 Å². The van der Waals surface area contributed by atoms with Crippen molar-refractivity contribution in [2.45, 2.75) is 0 Å². The number of ketones is 1. The fraction of sp³-hybridized carbons (Fsp3) is 0. The molecule has 0 amide bonds. The Kier molecular flexibility index (Phi) is 4.39. The Bertz CT molecular complexity index is 1180. The van der Waals surface area contributed by atoms with Crippen molar-refractivity contribution in [2.24, 2.45) is 0 Å². The number of carbonyl (C=O) groups is 2. The predicted molar refractivity (Wildman–Crippen MR) is 103 cm³/mol. The normalized spacial score (nSPS) is 11.4. The standard InChI is InChI=1S/C19H11ClN2O4S/c20-17-13(22-9-10-27-19(22)21-17)5-6-14(23)11-1-3-12(4-2-11)15-7-8-16(26-15)18(24)25/h1-10H,(H,24,25)/b6-5+. The smallest absolute Gasteiger partial charge is 0.371 e. The minimum atomic E-state index is -1.13. The number of aromatic carboxylic acids is 1. The zero-order valence-electron chi connectivity index (χ0n) is 13.6. The Morgan fingerprint density at radius 3 is 2.67 bits per heavy atom. The van der Waals surface area contributed by atoms with E-state index in [1.807, 2.05) is 16.0 Å². The molecule has 0 aliphatic rings. The van der Waals surface area contributed by atoms with Crippen LogP contribution in [0.1, 0.15) is 26.6 Å². The van der Waals surface area contributed by atoms with Crippen molar-refractivity contribution < 1.29 is 19.1 Å². The summed E-state index contributed by atoms with van der Waals surface area (Å²) in [5.74, 6) is -1.02. The molecule has 3 heterocycles. The molecular weight excluding hydrogens is 388 g/mol. The number of aromatic nitrogens is 2. The van der Waals surface area contributed by atoms with Gasteiger partial charge in [0.05, 0.1) is 5.69 Å². The van der Waals surface area contributed by atoms with Gasteiger partial charge in [0.1, 0.15) is 5.76 Å². The van der Waals surface area contributed by atoms with Crippen LogP contribution in [0.5, 0.6) is 0 Å². The summed E-state index contributed by atoms with van der Waals surface area (Å²) >= 11 is 7.57. The number of hydrogen-bond donors (Lipinski definition) is 1. The van der Waals surface area contributed by atoms with Crippen molar-refractivity contribution in [3.63, 3.8) is 0 Å². The fourth-order valence-corrected chi connectivity index (χ4v) is 3.59. The minimum absolute atomic E-state index is 0.134. The van der Waals surface area contributed by atoms with Gasteiger partial charge < -0.3 is 9.52 Å². The topological polar surface area (TPSA) is 84.8 Å². The molecule has 1 aromatic carbocycles. The summed E-state index contributed by atoms with van der Waals surface area (Å²) in [6.45, 7) is 0. The summed E-state index contributed by atoms with van der Waals surface area (Å²) in [6.07, 6.45) is 4.92. The van der Waals surface area contributed by atoms with Gasteiger partial charge in [-0.25, -0.2) is 9.78 Å². The number of carboxylic acids is 1. The molecule has 0 spiro atoms. The Hall–Kier alpha value is -3.16. The first kappa shape index (κ1) is 17.3. The highest BCUT2D eigenvalue weighted by atomic mass is 35.5. The van der Waals surface area contributed by atoms with Crippen molar-refractivity contribution >= 4 is 45.7 Å². The summed E-state index contributed by atoms with van der Waals surface area (Å²) in [4.78, 5) is 28.3. The molecule has 4 aromatic rings. The van der Waals surface area contributed by atoms with Gasteiger partial charge in [-0.05, 0) is 24.3 Å². The van der Waals surface area contributed by atoms with Crippen molar-refractivity contribution in [2.75, 3.05) is 0 Å². The number of furan rings is 1. The van der Waals surface area contributed by atoms with Crippen LogP contribution in [-0.2, 0) is 0 Å². The molecule has 134 valence electrons. The van der Waals surface area contributed by atoms with Gasteiger partial charge in [-0.3, -0.25) is 9.20 Å². The molecule has 0 saturated heterocycles. The van der Waals surface area contributed by atoms with Crippen molar-refractivity contribution in [3.05, 3.63) is 76.2 Å². The SMILES string of the molecule is O=C(/C=C/c1c(Cl)nc2sccn12)c1ccc(-c2ccc(C(=O)O)o2)cc1. The monoisotopic (exact) mass is 398 g/mol. The first-order valence-electron chi connectivity index (χ1n) is 7.80. The lowest BCUT2D eigenvalue weighted by Gasteiger charge is -2.00. The number of rotatable bonds is 5. The van der Waals surface area contributed by atoms with Crippen molar-refractivity contribution in [1.29, 1.82) is 0 Å². The van der Waals surface area contributed by atoms with Crippen LogP contribution in [-0.4, -0.2) is 26.2 Å². The second kappa shape index (κ2) is 6.86. The third kappa shape index (κ3) is 3.30. The number of carboxylic acid groups (broad SMARTS) is 1. The van der Waals surface area contributed by atoms with Crippen LogP contribution in [0, 0.1) is 0 Å². The van der Waals surface area contributed by atoms with Gasteiger partial charge in [0.15, 0.2) is 15.9 Å².